The first-order valence-corrected chi connectivity index (χ1v) is 17.9. The molecule has 0 aromatic rings. The minimum Gasteiger partial charge on any atom is -0.389 e. The van der Waals surface area contributed by atoms with Gasteiger partial charge in [0.05, 0.1) is 19.6 Å². The second-order valence-electron chi connectivity index (χ2n) is 13.1. The zero-order valence-corrected chi connectivity index (χ0v) is 36.7. The van der Waals surface area contributed by atoms with Crippen molar-refractivity contribution >= 4 is 36.0 Å². The fourth-order valence-corrected chi connectivity index (χ4v) is 6.07. The van der Waals surface area contributed by atoms with Crippen LogP contribution in [-0.4, -0.2) is 135 Å². The zero-order chi connectivity index (χ0) is 38.9. The molecule has 0 fully saturated rings. The SMILES string of the molecule is CC1=CC2=CNCCN3CCNC=C4C=C(C)C=C(C=NCCN(CCN=CC(=C1)C2=O)CCN=CC1=CC(C)=CC(=CNCC3)C1=O)C4=O.O=[N+]([O-])O.[Yb+2].[Zn]. The van der Waals surface area contributed by atoms with Crippen LogP contribution in [0.15, 0.2) is 120 Å². The zero-order valence-electron chi connectivity index (χ0n) is 32.1. The molecule has 0 saturated heterocycles. The molecule has 4 N–H and O–H groups in total. The normalized spacial score (nSPS) is 22.6. The fraction of sp³-hybridized carbons (Fsp3) is 0.385. The van der Waals surface area contributed by atoms with E-state index in [0.29, 0.717) is 112 Å². The Labute approximate surface area is 379 Å². The van der Waals surface area contributed by atoms with E-state index in [1.807, 2.05) is 57.2 Å². The smallest absolute Gasteiger partial charge is 0.389 e. The van der Waals surface area contributed by atoms with E-state index in [4.69, 9.17) is 15.3 Å². The Morgan fingerprint density at radius 3 is 1.11 bits per heavy atom. The molecule has 6 aliphatic rings. The fourth-order valence-electron chi connectivity index (χ4n) is 6.07. The van der Waals surface area contributed by atoms with Gasteiger partial charge in [-0.2, -0.15) is 0 Å². The number of aliphatic imine (C=N–C) groups is 3. The van der Waals surface area contributed by atoms with Crippen LogP contribution in [0, 0.1) is 57.0 Å². The molecule has 15 nitrogen and oxygen atoms in total. The number of ketones is 3. The maximum Gasteiger partial charge on any atom is 2.00 e. The number of rotatable bonds is 0. The van der Waals surface area contributed by atoms with Crippen LogP contribution in [0.25, 0.3) is 0 Å². The third-order valence-electron chi connectivity index (χ3n) is 8.69. The average Bonchev–Trinajstić information content (AvgIpc) is 3.11. The maximum atomic E-state index is 13.3. The molecule has 0 aromatic carbocycles. The Balaban J connectivity index is 0.00000172. The maximum absolute atomic E-state index is 13.3. The van der Waals surface area contributed by atoms with E-state index >= 15 is 0 Å². The molecular formula is C39H49N9O6YbZn+2. The molecule has 0 unspecified atom stereocenters. The molecule has 0 spiro atoms. The van der Waals surface area contributed by atoms with Crippen LogP contribution >= 0.6 is 0 Å². The van der Waals surface area contributed by atoms with Gasteiger partial charge in [0.15, 0.2) is 17.3 Å². The predicted molar refractivity (Wildman–Crippen MR) is 211 cm³/mol. The van der Waals surface area contributed by atoms with Gasteiger partial charge in [-0.3, -0.25) is 39.2 Å². The summed E-state index contributed by atoms with van der Waals surface area (Å²) in [6.07, 6.45) is 21.7. The third kappa shape index (κ3) is 16.4. The minimum atomic E-state index is -1.50. The van der Waals surface area contributed by atoms with Gasteiger partial charge in [0.2, 0.25) is 0 Å². The molecule has 0 amide bonds. The van der Waals surface area contributed by atoms with Gasteiger partial charge in [0.1, 0.15) is 0 Å². The van der Waals surface area contributed by atoms with Crippen LogP contribution in [0.1, 0.15) is 20.8 Å². The molecule has 0 radical (unpaired) electrons. The van der Waals surface area contributed by atoms with E-state index in [1.54, 1.807) is 37.2 Å². The number of nitrogens with one attached hydrogen (secondary N) is 3. The number of hydrogen-bond acceptors (Lipinski definition) is 13. The van der Waals surface area contributed by atoms with Crippen LogP contribution in [0.5, 0.6) is 0 Å². The molecular weight excluding hydrogens is 929 g/mol. The second kappa shape index (κ2) is 25.6. The molecule has 0 saturated carbocycles. The van der Waals surface area contributed by atoms with Gasteiger partial charge < -0.3 is 21.2 Å². The average molecular weight is 978 g/mol. The van der Waals surface area contributed by atoms with Crippen LogP contribution < -0.4 is 16.0 Å². The summed E-state index contributed by atoms with van der Waals surface area (Å²) < 4.78 is 0. The van der Waals surface area contributed by atoms with Gasteiger partial charge in [-0.05, 0) is 73.9 Å². The Hall–Kier alpha value is -3.66. The molecule has 3 heterocycles. The minimum absolute atomic E-state index is 0. The number of nitrogens with zero attached hydrogens (tertiary/aromatic N) is 6. The molecule has 6 rings (SSSR count). The second-order valence-corrected chi connectivity index (χ2v) is 13.1. The summed E-state index contributed by atoms with van der Waals surface area (Å²) in [6, 6.07) is 0. The number of hydrogen-bond donors (Lipinski definition) is 4. The van der Waals surface area contributed by atoms with Crippen molar-refractivity contribution in [3.63, 3.8) is 0 Å². The molecule has 0 aromatic heterocycles. The first kappa shape index (κ1) is 48.5. The van der Waals surface area contributed by atoms with Gasteiger partial charge >= 0.3 is 46.9 Å². The molecule has 300 valence electrons. The quantitative estimate of drug-likeness (QED) is 0.158. The van der Waals surface area contributed by atoms with Crippen molar-refractivity contribution < 1.29 is 91.1 Å². The first-order valence-electron chi connectivity index (χ1n) is 17.9. The number of fused-ring (bicyclic) bond motifs is 15. The van der Waals surface area contributed by atoms with Crippen molar-refractivity contribution in [3.8, 4) is 0 Å². The Morgan fingerprint density at radius 1 is 0.554 bits per heavy atom. The van der Waals surface area contributed by atoms with Gasteiger partial charge in [0.25, 0.3) is 5.09 Å². The topological polar surface area (TPSA) is 194 Å². The van der Waals surface area contributed by atoms with Crippen LogP contribution in [-0.2, 0) is 33.9 Å². The summed E-state index contributed by atoms with van der Waals surface area (Å²) in [5, 5.41) is 23.7. The van der Waals surface area contributed by atoms with Crippen LogP contribution in [0.3, 0.4) is 0 Å². The summed E-state index contributed by atoms with van der Waals surface area (Å²) in [5.74, 6) is -0.167. The molecule has 56 heavy (non-hydrogen) atoms. The summed E-state index contributed by atoms with van der Waals surface area (Å²) in [4.78, 5) is 66.6. The van der Waals surface area contributed by atoms with Crippen molar-refractivity contribution in [3.05, 3.63) is 115 Å². The predicted octanol–water partition coefficient (Wildman–Crippen LogP) is 2.27. The summed E-state index contributed by atoms with van der Waals surface area (Å²) >= 11 is 0. The Kier molecular flexibility index (Phi) is 22.1. The van der Waals surface area contributed by atoms with E-state index in [-0.39, 0.29) is 83.8 Å². The van der Waals surface area contributed by atoms with E-state index in [0.717, 1.165) is 16.7 Å². The van der Waals surface area contributed by atoms with E-state index in [2.05, 4.69) is 40.7 Å². The van der Waals surface area contributed by atoms with Crippen molar-refractivity contribution in [2.75, 3.05) is 78.5 Å². The van der Waals surface area contributed by atoms with Gasteiger partial charge in [-0.1, -0.05) is 0 Å². The Morgan fingerprint density at radius 2 is 0.821 bits per heavy atom. The van der Waals surface area contributed by atoms with Gasteiger partial charge in [-0.25, -0.2) is 0 Å². The van der Waals surface area contributed by atoms with E-state index in [9.17, 15) is 14.4 Å². The van der Waals surface area contributed by atoms with Crippen molar-refractivity contribution in [2.45, 2.75) is 20.8 Å². The standard InChI is InChI=1S/C39H48N8O3.HNO3.Yb.Zn/c1-28-16-31-22-40-4-10-46-12-6-42-24-33-18-29(2)19-34(38(33)49)25-43-7-13-47(11-5-41-23-32(17-28)37(31)48)15-9-45-27-36-21-30(3)20-35(39(36)50)26-44-8-14-46;2-1(3)4;;/h16-27,40,42,44H,4-15H2,1-3H3;(H,2,3,4);;/q;;+2;. The molecule has 3 aliphatic carbocycles. The first-order chi connectivity index (χ1) is 26.0. The summed E-state index contributed by atoms with van der Waals surface area (Å²) in [7, 11) is 0. The summed E-state index contributed by atoms with van der Waals surface area (Å²) in [5.41, 5.74) is 6.47. The number of carbonyl (C=O) groups excluding carboxylic acids is 3. The van der Waals surface area contributed by atoms with E-state index in [1.165, 1.54) is 0 Å². The molecule has 0 atom stereocenters. The van der Waals surface area contributed by atoms with Gasteiger partial charge in [-0.15, -0.1) is 10.1 Å². The summed E-state index contributed by atoms with van der Waals surface area (Å²) in [6.45, 7) is 13.3. The van der Waals surface area contributed by atoms with Crippen molar-refractivity contribution in [1.29, 1.82) is 0 Å². The monoisotopic (exact) mass is 977 g/mol. The number of allylic oxidation sites excluding steroid dienone is 15. The van der Waals surface area contributed by atoms with Crippen molar-refractivity contribution in [2.24, 2.45) is 15.0 Å². The van der Waals surface area contributed by atoms with Crippen molar-refractivity contribution in [1.82, 2.24) is 25.8 Å². The molecule has 17 heteroatoms. The molecule has 3 aliphatic heterocycles. The third-order valence-corrected chi connectivity index (χ3v) is 8.69. The van der Waals surface area contributed by atoms with Gasteiger partial charge in [0, 0.05) is 149 Å². The van der Waals surface area contributed by atoms with E-state index < -0.39 is 5.09 Å². The van der Waals surface area contributed by atoms with Crippen LogP contribution in [0.2, 0.25) is 0 Å². The number of Topliss-reactive ketones (excluding diaryl/α,β-unsaturated/α-hetero) is 3. The Bertz CT molecular complexity index is 1650. The largest absolute Gasteiger partial charge is 2.00 e. The van der Waals surface area contributed by atoms with Crippen LogP contribution in [0.4, 0.5) is 0 Å². The molecule has 8 bridgehead atoms. The number of carbonyl (C=O) groups is 3.